The van der Waals surface area contributed by atoms with Crippen LogP contribution in [0, 0.1) is 6.92 Å². The van der Waals surface area contributed by atoms with Crippen LogP contribution in [-0.4, -0.2) is 17.3 Å². The summed E-state index contributed by atoms with van der Waals surface area (Å²) in [6.07, 6.45) is 0. The molecule has 0 saturated carbocycles. The van der Waals surface area contributed by atoms with E-state index in [1.54, 1.807) is 25.3 Å². The minimum Gasteiger partial charge on any atom is -0.496 e. The SMILES string of the molecule is COc1ccccc1-c1cc(C(=O)Cl)c2ccc(Cl)c(C)c2n1. The lowest BCUT2D eigenvalue weighted by atomic mass is 10.0. The Bertz CT molecular complexity index is 922. The molecule has 1 aromatic heterocycles. The van der Waals surface area contributed by atoms with Crippen LogP contribution in [0.4, 0.5) is 0 Å². The molecule has 0 bridgehead atoms. The fourth-order valence-corrected chi connectivity index (χ4v) is 2.87. The van der Waals surface area contributed by atoms with E-state index in [1.807, 2.05) is 31.2 Å². The molecule has 0 saturated heterocycles. The van der Waals surface area contributed by atoms with Crippen molar-refractivity contribution in [3.63, 3.8) is 0 Å². The topological polar surface area (TPSA) is 39.2 Å². The molecule has 116 valence electrons. The van der Waals surface area contributed by atoms with Gasteiger partial charge in [-0.15, -0.1) is 0 Å². The second-order valence-corrected chi connectivity index (χ2v) is 5.85. The molecule has 5 heteroatoms. The predicted octanol–water partition coefficient (Wildman–Crippen LogP) is 5.25. The summed E-state index contributed by atoms with van der Waals surface area (Å²) in [6, 6.07) is 12.7. The Kier molecular flexibility index (Phi) is 4.24. The maximum atomic E-state index is 11.9. The molecule has 3 rings (SSSR count). The molecule has 0 spiro atoms. The second kappa shape index (κ2) is 6.19. The molecular formula is C18H13Cl2NO2. The monoisotopic (exact) mass is 345 g/mol. The number of rotatable bonds is 3. The Hall–Kier alpha value is -2.10. The molecule has 1 heterocycles. The van der Waals surface area contributed by atoms with Crippen LogP contribution in [0.1, 0.15) is 15.9 Å². The molecule has 3 nitrogen and oxygen atoms in total. The first-order valence-electron chi connectivity index (χ1n) is 6.96. The van der Waals surface area contributed by atoms with Crippen LogP contribution in [-0.2, 0) is 0 Å². The molecule has 0 amide bonds. The van der Waals surface area contributed by atoms with Gasteiger partial charge in [-0.25, -0.2) is 4.98 Å². The zero-order valence-electron chi connectivity index (χ0n) is 12.6. The van der Waals surface area contributed by atoms with Gasteiger partial charge in [0.25, 0.3) is 5.24 Å². The molecule has 3 aromatic rings. The first kappa shape index (κ1) is 15.8. The van der Waals surface area contributed by atoms with E-state index in [-0.39, 0.29) is 0 Å². The van der Waals surface area contributed by atoms with Crippen molar-refractivity contribution in [2.45, 2.75) is 6.92 Å². The Morgan fingerprint density at radius 1 is 1.17 bits per heavy atom. The molecule has 0 aliphatic carbocycles. The van der Waals surface area contributed by atoms with Crippen LogP contribution in [0.3, 0.4) is 0 Å². The van der Waals surface area contributed by atoms with Gasteiger partial charge in [0.15, 0.2) is 0 Å². The van der Waals surface area contributed by atoms with Gasteiger partial charge in [-0.05, 0) is 48.4 Å². The standard InChI is InChI=1S/C18H13Cl2NO2/c1-10-14(19)8-7-11-13(18(20)22)9-15(21-17(10)11)12-5-3-4-6-16(12)23-2/h3-9H,1-2H3. The number of carbonyl (C=O) groups excluding carboxylic acids is 1. The van der Waals surface area contributed by atoms with Crippen LogP contribution in [0.25, 0.3) is 22.2 Å². The number of aryl methyl sites for hydroxylation is 1. The molecule has 2 aromatic carbocycles. The fraction of sp³-hybridized carbons (Fsp3) is 0.111. The average Bonchev–Trinajstić information content (AvgIpc) is 2.57. The van der Waals surface area contributed by atoms with Gasteiger partial charge in [0.1, 0.15) is 5.75 Å². The number of ether oxygens (including phenoxy) is 1. The third-order valence-electron chi connectivity index (χ3n) is 3.76. The van der Waals surface area contributed by atoms with Gasteiger partial charge in [0.05, 0.1) is 18.3 Å². The lowest BCUT2D eigenvalue weighted by Crippen LogP contribution is -1.98. The number of nitrogens with zero attached hydrogens (tertiary/aromatic N) is 1. The minimum absolute atomic E-state index is 0.400. The lowest BCUT2D eigenvalue weighted by Gasteiger charge is -2.12. The zero-order chi connectivity index (χ0) is 16.6. The van der Waals surface area contributed by atoms with Crippen LogP contribution in [0.15, 0.2) is 42.5 Å². The molecule has 0 radical (unpaired) electrons. The van der Waals surface area contributed by atoms with Gasteiger partial charge in [-0.1, -0.05) is 29.8 Å². The van der Waals surface area contributed by atoms with Gasteiger partial charge in [0.2, 0.25) is 0 Å². The van der Waals surface area contributed by atoms with E-state index in [0.717, 1.165) is 11.1 Å². The molecule has 23 heavy (non-hydrogen) atoms. The Morgan fingerprint density at radius 3 is 2.61 bits per heavy atom. The number of para-hydroxylation sites is 1. The van der Waals surface area contributed by atoms with Crippen molar-refractivity contribution in [3.8, 4) is 17.0 Å². The van der Waals surface area contributed by atoms with Gasteiger partial charge in [0, 0.05) is 21.5 Å². The number of hydrogen-bond acceptors (Lipinski definition) is 3. The largest absolute Gasteiger partial charge is 0.496 e. The minimum atomic E-state index is -0.532. The third-order valence-corrected chi connectivity index (χ3v) is 4.38. The van der Waals surface area contributed by atoms with Crippen LogP contribution >= 0.6 is 23.2 Å². The number of aromatic nitrogens is 1. The van der Waals surface area contributed by atoms with E-state index < -0.39 is 5.24 Å². The summed E-state index contributed by atoms with van der Waals surface area (Å²) in [7, 11) is 1.59. The van der Waals surface area contributed by atoms with Crippen molar-refractivity contribution < 1.29 is 9.53 Å². The summed E-state index contributed by atoms with van der Waals surface area (Å²) >= 11 is 12.0. The van der Waals surface area contributed by atoms with Gasteiger partial charge < -0.3 is 4.74 Å². The first-order valence-corrected chi connectivity index (χ1v) is 7.71. The van der Waals surface area contributed by atoms with Gasteiger partial charge in [-0.2, -0.15) is 0 Å². The number of methoxy groups -OCH3 is 1. The first-order chi connectivity index (χ1) is 11.0. The second-order valence-electron chi connectivity index (χ2n) is 5.10. The highest BCUT2D eigenvalue weighted by Gasteiger charge is 2.16. The van der Waals surface area contributed by atoms with Crippen LogP contribution in [0.5, 0.6) is 5.75 Å². The Morgan fingerprint density at radius 2 is 1.91 bits per heavy atom. The lowest BCUT2D eigenvalue weighted by molar-refractivity contribution is 0.108. The highest BCUT2D eigenvalue weighted by Crippen LogP contribution is 2.34. The van der Waals surface area contributed by atoms with Crippen molar-refractivity contribution in [2.75, 3.05) is 7.11 Å². The summed E-state index contributed by atoms with van der Waals surface area (Å²) in [4.78, 5) is 16.5. The number of carbonyl (C=O) groups is 1. The van der Waals surface area contributed by atoms with Crippen LogP contribution in [0.2, 0.25) is 5.02 Å². The van der Waals surface area contributed by atoms with Crippen molar-refractivity contribution in [1.29, 1.82) is 0 Å². The molecular weight excluding hydrogens is 333 g/mol. The molecule has 0 N–H and O–H groups in total. The zero-order valence-corrected chi connectivity index (χ0v) is 14.1. The Labute approximate surface area is 143 Å². The maximum absolute atomic E-state index is 11.9. The molecule has 0 fully saturated rings. The highest BCUT2D eigenvalue weighted by atomic mass is 35.5. The van der Waals surface area contributed by atoms with Crippen molar-refractivity contribution in [3.05, 3.63) is 58.6 Å². The molecule has 0 atom stereocenters. The summed E-state index contributed by atoms with van der Waals surface area (Å²) in [5.74, 6) is 0.673. The number of halogens is 2. The summed E-state index contributed by atoms with van der Waals surface area (Å²) in [5, 5.41) is 0.746. The number of fused-ring (bicyclic) bond motifs is 1. The van der Waals surface area contributed by atoms with Crippen molar-refractivity contribution in [1.82, 2.24) is 4.98 Å². The quantitative estimate of drug-likeness (QED) is 0.608. The fourth-order valence-electron chi connectivity index (χ4n) is 2.56. The smallest absolute Gasteiger partial charge is 0.253 e. The average molecular weight is 346 g/mol. The van der Waals surface area contributed by atoms with E-state index >= 15 is 0 Å². The molecule has 0 aliphatic heterocycles. The van der Waals surface area contributed by atoms with Crippen molar-refractivity contribution >= 4 is 39.3 Å². The molecule has 0 unspecified atom stereocenters. The number of benzene rings is 2. The number of hydrogen-bond donors (Lipinski definition) is 0. The summed E-state index contributed by atoms with van der Waals surface area (Å²) in [5.41, 5.74) is 3.27. The Balaban J connectivity index is 2.39. The van der Waals surface area contributed by atoms with E-state index in [1.165, 1.54) is 0 Å². The maximum Gasteiger partial charge on any atom is 0.253 e. The van der Waals surface area contributed by atoms with Gasteiger partial charge in [-0.3, -0.25) is 4.79 Å². The van der Waals surface area contributed by atoms with Crippen LogP contribution < -0.4 is 4.74 Å². The predicted molar refractivity (Wildman–Crippen MR) is 93.7 cm³/mol. The van der Waals surface area contributed by atoms with E-state index in [0.29, 0.717) is 32.9 Å². The third kappa shape index (κ3) is 2.78. The van der Waals surface area contributed by atoms with E-state index in [9.17, 15) is 4.79 Å². The van der Waals surface area contributed by atoms with Crippen molar-refractivity contribution in [2.24, 2.45) is 0 Å². The van der Waals surface area contributed by atoms with E-state index in [2.05, 4.69) is 4.98 Å². The normalized spacial score (nSPS) is 10.8. The highest BCUT2D eigenvalue weighted by molar-refractivity contribution is 6.68. The van der Waals surface area contributed by atoms with Gasteiger partial charge >= 0.3 is 0 Å². The molecule has 0 aliphatic rings. The summed E-state index contributed by atoms with van der Waals surface area (Å²) in [6.45, 7) is 1.87. The number of pyridine rings is 1. The summed E-state index contributed by atoms with van der Waals surface area (Å²) < 4.78 is 5.38. The van der Waals surface area contributed by atoms with E-state index in [4.69, 9.17) is 27.9 Å².